The van der Waals surface area contributed by atoms with E-state index in [1.807, 2.05) is 6.20 Å². The fourth-order valence-corrected chi connectivity index (χ4v) is 2.99. The van der Waals surface area contributed by atoms with Crippen molar-refractivity contribution in [3.63, 3.8) is 0 Å². The molecule has 20 heavy (non-hydrogen) atoms. The molecule has 0 unspecified atom stereocenters. The van der Waals surface area contributed by atoms with Crippen LogP contribution in [0.4, 0.5) is 0 Å². The lowest BCUT2D eigenvalue weighted by Gasteiger charge is -2.10. The molecule has 3 aromatic rings. The second kappa shape index (κ2) is 4.75. The van der Waals surface area contributed by atoms with E-state index < -0.39 is 0 Å². The van der Waals surface area contributed by atoms with Crippen molar-refractivity contribution in [3.8, 4) is 11.3 Å². The molecule has 0 spiro atoms. The van der Waals surface area contributed by atoms with Crippen LogP contribution in [-0.2, 0) is 0 Å². The lowest BCUT2D eigenvalue weighted by atomic mass is 9.97. The largest absolute Gasteiger partial charge is 0.256 e. The third kappa shape index (κ3) is 2.20. The van der Waals surface area contributed by atoms with Gasteiger partial charge < -0.3 is 0 Å². The van der Waals surface area contributed by atoms with E-state index in [0.717, 1.165) is 5.69 Å². The Bertz CT molecular complexity index is 780. The number of aryl methyl sites for hydroxylation is 4. The summed E-state index contributed by atoms with van der Waals surface area (Å²) >= 11 is 0. The molecular weight excluding hydrogens is 242 g/mol. The van der Waals surface area contributed by atoms with Crippen LogP contribution in [-0.4, -0.2) is 4.98 Å². The van der Waals surface area contributed by atoms with E-state index in [-0.39, 0.29) is 0 Å². The number of fused-ring (bicyclic) bond motifs is 1. The van der Waals surface area contributed by atoms with E-state index in [9.17, 15) is 0 Å². The second-order valence-corrected chi connectivity index (χ2v) is 5.71. The van der Waals surface area contributed by atoms with Gasteiger partial charge in [-0.1, -0.05) is 28.8 Å². The summed E-state index contributed by atoms with van der Waals surface area (Å²) in [6.45, 7) is 8.58. The first-order valence-electron chi connectivity index (χ1n) is 6.99. The van der Waals surface area contributed by atoms with Crippen molar-refractivity contribution >= 4 is 10.8 Å². The molecule has 0 bridgehead atoms. The number of pyridine rings is 1. The van der Waals surface area contributed by atoms with Crippen LogP contribution in [0.2, 0.25) is 0 Å². The Balaban J connectivity index is 2.36. The number of nitrogens with zero attached hydrogens (tertiary/aromatic N) is 1. The summed E-state index contributed by atoms with van der Waals surface area (Å²) in [6.07, 6.45) is 1.91. The van der Waals surface area contributed by atoms with E-state index >= 15 is 0 Å². The molecule has 2 aromatic carbocycles. The molecular formula is C19H19N. The molecule has 1 heteroatoms. The smallest absolute Gasteiger partial charge is 0.0780 e. The minimum Gasteiger partial charge on any atom is -0.256 e. The van der Waals surface area contributed by atoms with Gasteiger partial charge in [-0.2, -0.15) is 0 Å². The van der Waals surface area contributed by atoms with Gasteiger partial charge in [0.05, 0.1) is 5.69 Å². The van der Waals surface area contributed by atoms with Crippen molar-refractivity contribution in [2.45, 2.75) is 27.7 Å². The van der Waals surface area contributed by atoms with Gasteiger partial charge in [-0.3, -0.25) is 4.98 Å². The highest BCUT2D eigenvalue weighted by Crippen LogP contribution is 2.30. The van der Waals surface area contributed by atoms with E-state index in [4.69, 9.17) is 0 Å². The summed E-state index contributed by atoms with van der Waals surface area (Å²) in [7, 11) is 0. The molecule has 0 N–H and O–H groups in total. The van der Waals surface area contributed by atoms with E-state index in [2.05, 4.69) is 69.1 Å². The van der Waals surface area contributed by atoms with Crippen molar-refractivity contribution in [2.24, 2.45) is 0 Å². The van der Waals surface area contributed by atoms with Crippen LogP contribution in [0.15, 0.2) is 42.6 Å². The summed E-state index contributed by atoms with van der Waals surface area (Å²) in [6, 6.07) is 13.2. The maximum absolute atomic E-state index is 4.64. The SMILES string of the molecule is Cc1cc(C)cc(-c2nccc3c(C)cc(C)cc23)c1. The lowest BCUT2D eigenvalue weighted by Crippen LogP contribution is -1.90. The highest BCUT2D eigenvalue weighted by atomic mass is 14.7. The molecule has 0 saturated carbocycles. The average molecular weight is 261 g/mol. The molecule has 100 valence electrons. The van der Waals surface area contributed by atoms with Crippen LogP contribution in [0.25, 0.3) is 22.0 Å². The Labute approximate surface area is 120 Å². The number of benzene rings is 2. The fourth-order valence-electron chi connectivity index (χ4n) is 2.99. The summed E-state index contributed by atoms with van der Waals surface area (Å²) in [5.41, 5.74) is 7.45. The first kappa shape index (κ1) is 12.9. The highest BCUT2D eigenvalue weighted by molar-refractivity contribution is 5.96. The molecule has 0 saturated heterocycles. The Morgan fingerprint density at radius 1 is 0.700 bits per heavy atom. The summed E-state index contributed by atoms with van der Waals surface area (Å²) in [4.78, 5) is 4.64. The zero-order valence-corrected chi connectivity index (χ0v) is 12.5. The average Bonchev–Trinajstić information content (AvgIpc) is 2.36. The molecule has 1 heterocycles. The number of hydrogen-bond acceptors (Lipinski definition) is 1. The predicted octanol–water partition coefficient (Wildman–Crippen LogP) is 5.14. The maximum Gasteiger partial charge on any atom is 0.0780 e. The fraction of sp³-hybridized carbons (Fsp3) is 0.211. The van der Waals surface area contributed by atoms with Crippen LogP contribution < -0.4 is 0 Å². The standard InChI is InChI=1S/C19H19N/c1-12-7-13(2)10-16(9-12)19-18-11-14(3)8-15(4)17(18)5-6-20-19/h5-11H,1-4H3. The molecule has 0 radical (unpaired) electrons. The predicted molar refractivity (Wildman–Crippen MR) is 86.1 cm³/mol. The van der Waals surface area contributed by atoms with Gasteiger partial charge in [-0.15, -0.1) is 0 Å². The van der Waals surface area contributed by atoms with Crippen molar-refractivity contribution in [1.29, 1.82) is 0 Å². The van der Waals surface area contributed by atoms with Gasteiger partial charge in [-0.25, -0.2) is 0 Å². The Hall–Kier alpha value is -2.15. The quantitative estimate of drug-likeness (QED) is 0.591. The lowest BCUT2D eigenvalue weighted by molar-refractivity contribution is 1.31. The van der Waals surface area contributed by atoms with Crippen LogP contribution in [0, 0.1) is 27.7 Å². The summed E-state index contributed by atoms with van der Waals surface area (Å²) < 4.78 is 0. The van der Waals surface area contributed by atoms with Crippen LogP contribution in [0.3, 0.4) is 0 Å². The van der Waals surface area contributed by atoms with E-state index in [0.29, 0.717) is 0 Å². The summed E-state index contributed by atoms with van der Waals surface area (Å²) in [5.74, 6) is 0. The molecule has 0 aliphatic rings. The topological polar surface area (TPSA) is 12.9 Å². The van der Waals surface area contributed by atoms with E-state index in [1.54, 1.807) is 0 Å². The molecule has 1 aromatic heterocycles. The highest BCUT2D eigenvalue weighted by Gasteiger charge is 2.08. The molecule has 0 aliphatic heterocycles. The summed E-state index contributed by atoms with van der Waals surface area (Å²) in [5, 5.41) is 2.54. The van der Waals surface area contributed by atoms with Crippen LogP contribution >= 0.6 is 0 Å². The van der Waals surface area contributed by atoms with Gasteiger partial charge in [0.15, 0.2) is 0 Å². The molecule has 0 aliphatic carbocycles. The minimum absolute atomic E-state index is 1.08. The Kier molecular flexibility index (Phi) is 3.06. The van der Waals surface area contributed by atoms with Crippen LogP contribution in [0.5, 0.6) is 0 Å². The third-order valence-corrected chi connectivity index (χ3v) is 3.73. The molecule has 0 atom stereocenters. The molecule has 0 amide bonds. The molecule has 0 fully saturated rings. The number of hydrogen-bond donors (Lipinski definition) is 0. The normalized spacial score (nSPS) is 11.0. The first-order chi connectivity index (χ1) is 9.54. The second-order valence-electron chi connectivity index (χ2n) is 5.71. The minimum atomic E-state index is 1.08. The monoisotopic (exact) mass is 261 g/mol. The van der Waals surface area contributed by atoms with Gasteiger partial charge in [0.2, 0.25) is 0 Å². The van der Waals surface area contributed by atoms with Gasteiger partial charge in [0.25, 0.3) is 0 Å². The number of rotatable bonds is 1. The van der Waals surface area contributed by atoms with Gasteiger partial charge >= 0.3 is 0 Å². The Morgan fingerprint density at radius 3 is 2.05 bits per heavy atom. The van der Waals surface area contributed by atoms with Crippen molar-refractivity contribution < 1.29 is 0 Å². The molecule has 3 rings (SSSR count). The van der Waals surface area contributed by atoms with Gasteiger partial charge in [0.1, 0.15) is 0 Å². The first-order valence-corrected chi connectivity index (χ1v) is 6.99. The van der Waals surface area contributed by atoms with Gasteiger partial charge in [-0.05, 0) is 62.9 Å². The van der Waals surface area contributed by atoms with Crippen molar-refractivity contribution in [2.75, 3.05) is 0 Å². The van der Waals surface area contributed by atoms with Gasteiger partial charge in [0, 0.05) is 17.1 Å². The third-order valence-electron chi connectivity index (χ3n) is 3.73. The Morgan fingerprint density at radius 2 is 1.35 bits per heavy atom. The van der Waals surface area contributed by atoms with Crippen molar-refractivity contribution in [1.82, 2.24) is 4.98 Å². The van der Waals surface area contributed by atoms with Crippen molar-refractivity contribution in [3.05, 3.63) is 64.8 Å². The van der Waals surface area contributed by atoms with E-state index in [1.165, 1.54) is 38.6 Å². The van der Waals surface area contributed by atoms with Crippen LogP contribution in [0.1, 0.15) is 22.3 Å². The zero-order valence-electron chi connectivity index (χ0n) is 12.5. The zero-order chi connectivity index (χ0) is 14.3. The maximum atomic E-state index is 4.64. The number of aromatic nitrogens is 1. The molecule has 1 nitrogen and oxygen atoms in total.